The molecule has 2 atom stereocenters. The highest BCUT2D eigenvalue weighted by Gasteiger charge is 2.23. The van der Waals surface area contributed by atoms with Crippen molar-refractivity contribution in [1.82, 2.24) is 5.32 Å². The second-order valence-corrected chi connectivity index (χ2v) is 9.25. The van der Waals surface area contributed by atoms with Crippen LogP contribution >= 0.6 is 22.0 Å². The van der Waals surface area contributed by atoms with Crippen LogP contribution in [-0.2, 0) is 9.05 Å². The van der Waals surface area contributed by atoms with E-state index in [0.717, 1.165) is 30.1 Å². The average molecular weight is 336 g/mol. The minimum atomic E-state index is -3.78. The smallest absolute Gasteiger partial charge is 0.262 e. The Kier molecular flexibility index (Phi) is 4.76. The molecule has 4 nitrogen and oxygen atoms in total. The van der Waals surface area contributed by atoms with E-state index in [1.54, 1.807) is 6.92 Å². The lowest BCUT2D eigenvalue weighted by Gasteiger charge is -2.10. The predicted molar refractivity (Wildman–Crippen MR) is 80.9 cm³/mol. The van der Waals surface area contributed by atoms with Crippen LogP contribution in [0.3, 0.4) is 0 Å². The van der Waals surface area contributed by atoms with Gasteiger partial charge < -0.3 is 5.32 Å². The Hall–Kier alpha value is -0.590. The van der Waals surface area contributed by atoms with Crippen molar-refractivity contribution in [2.45, 2.75) is 38.0 Å². The molecule has 1 aliphatic rings. The number of amides is 1. The first-order valence-electron chi connectivity index (χ1n) is 6.60. The number of hydrogen-bond donors (Lipinski definition) is 1. The molecule has 1 amide bonds. The van der Waals surface area contributed by atoms with Crippen molar-refractivity contribution in [3.05, 3.63) is 15.8 Å². The van der Waals surface area contributed by atoms with Crippen LogP contribution in [-0.4, -0.2) is 20.9 Å². The molecule has 1 N–H and O–H groups in total. The number of nitrogens with one attached hydrogen (secondary N) is 1. The number of hydrogen-bond acceptors (Lipinski definition) is 4. The summed E-state index contributed by atoms with van der Waals surface area (Å²) in [6, 6.07) is 1.36. The van der Waals surface area contributed by atoms with Gasteiger partial charge in [-0.05, 0) is 37.7 Å². The summed E-state index contributed by atoms with van der Waals surface area (Å²) in [6.07, 6.45) is 3.50. The van der Waals surface area contributed by atoms with Crippen molar-refractivity contribution in [3.63, 3.8) is 0 Å². The lowest BCUT2D eigenvalue weighted by molar-refractivity contribution is 0.0951. The Balaban J connectivity index is 2.00. The number of halogens is 1. The molecule has 1 fully saturated rings. The number of aryl methyl sites for hydroxylation is 1. The van der Waals surface area contributed by atoms with Gasteiger partial charge in [0.05, 0.1) is 9.77 Å². The molecule has 0 aliphatic heterocycles. The monoisotopic (exact) mass is 335 g/mol. The van der Waals surface area contributed by atoms with Crippen LogP contribution in [0.1, 0.15) is 40.7 Å². The fourth-order valence-corrected chi connectivity index (χ4v) is 5.23. The third kappa shape index (κ3) is 3.74. The van der Waals surface area contributed by atoms with Gasteiger partial charge in [0.25, 0.3) is 15.0 Å². The van der Waals surface area contributed by atoms with E-state index in [2.05, 4.69) is 12.2 Å². The Morgan fingerprint density at radius 3 is 2.70 bits per heavy atom. The van der Waals surface area contributed by atoms with Gasteiger partial charge in [-0.3, -0.25) is 4.79 Å². The van der Waals surface area contributed by atoms with Gasteiger partial charge in [0.15, 0.2) is 0 Å². The van der Waals surface area contributed by atoms with Crippen molar-refractivity contribution in [2.24, 2.45) is 11.8 Å². The highest BCUT2D eigenvalue weighted by Crippen LogP contribution is 2.30. The summed E-state index contributed by atoms with van der Waals surface area (Å²) < 4.78 is 22.7. The van der Waals surface area contributed by atoms with E-state index in [0.29, 0.717) is 22.2 Å². The van der Waals surface area contributed by atoms with Gasteiger partial charge >= 0.3 is 0 Å². The summed E-state index contributed by atoms with van der Waals surface area (Å²) >= 11 is 1.16. The maximum absolute atomic E-state index is 12.0. The SMILES string of the molecule is Cc1sc(C(=O)NCC2CCC(C)C2)cc1S(=O)(=O)Cl. The Bertz CT molecular complexity index is 609. The molecule has 1 aromatic heterocycles. The molecule has 112 valence electrons. The molecule has 1 heterocycles. The van der Waals surface area contributed by atoms with Crippen LogP contribution < -0.4 is 5.32 Å². The summed E-state index contributed by atoms with van der Waals surface area (Å²) in [5.74, 6) is 1.05. The van der Waals surface area contributed by atoms with Crippen molar-refractivity contribution in [1.29, 1.82) is 0 Å². The molecule has 1 aliphatic carbocycles. The van der Waals surface area contributed by atoms with E-state index in [4.69, 9.17) is 10.7 Å². The first-order valence-corrected chi connectivity index (χ1v) is 9.73. The normalized spacial score (nSPS) is 22.9. The van der Waals surface area contributed by atoms with Crippen LogP contribution in [0.2, 0.25) is 0 Å². The van der Waals surface area contributed by atoms with Crippen LogP contribution in [0.25, 0.3) is 0 Å². The first kappa shape index (κ1) is 15.8. The molecule has 1 saturated carbocycles. The molecule has 0 radical (unpaired) electrons. The molecule has 0 aromatic carbocycles. The maximum Gasteiger partial charge on any atom is 0.262 e. The number of carbonyl (C=O) groups excluding carboxylic acids is 1. The van der Waals surface area contributed by atoms with Crippen LogP contribution in [0, 0.1) is 18.8 Å². The second kappa shape index (κ2) is 6.03. The molecule has 2 rings (SSSR count). The molecule has 20 heavy (non-hydrogen) atoms. The zero-order valence-electron chi connectivity index (χ0n) is 11.5. The fraction of sp³-hybridized carbons (Fsp3) is 0.615. The minimum absolute atomic E-state index is 0.0313. The zero-order chi connectivity index (χ0) is 14.9. The maximum atomic E-state index is 12.0. The van der Waals surface area contributed by atoms with Crippen molar-refractivity contribution >= 4 is 37.0 Å². The molecular weight excluding hydrogens is 318 g/mol. The standard InChI is InChI=1S/C13H18ClNO3S2/c1-8-3-4-10(5-8)7-15-13(16)11-6-12(9(2)19-11)20(14,17)18/h6,8,10H,3-5,7H2,1-2H3,(H,15,16). The molecule has 0 saturated heterocycles. The van der Waals surface area contributed by atoms with Crippen LogP contribution in [0.15, 0.2) is 11.0 Å². The molecule has 0 bridgehead atoms. The quantitative estimate of drug-likeness (QED) is 0.860. The van der Waals surface area contributed by atoms with Crippen molar-refractivity contribution in [3.8, 4) is 0 Å². The second-order valence-electron chi connectivity index (χ2n) is 5.46. The summed E-state index contributed by atoms with van der Waals surface area (Å²) in [7, 11) is 1.54. The van der Waals surface area contributed by atoms with E-state index in [9.17, 15) is 13.2 Å². The number of carbonyl (C=O) groups is 1. The van der Waals surface area contributed by atoms with Crippen LogP contribution in [0.5, 0.6) is 0 Å². The van der Waals surface area contributed by atoms with Crippen molar-refractivity contribution in [2.75, 3.05) is 6.54 Å². The third-order valence-electron chi connectivity index (χ3n) is 3.71. The van der Waals surface area contributed by atoms with Gasteiger partial charge in [0.2, 0.25) is 0 Å². The highest BCUT2D eigenvalue weighted by atomic mass is 35.7. The topological polar surface area (TPSA) is 63.2 Å². The highest BCUT2D eigenvalue weighted by molar-refractivity contribution is 8.13. The van der Waals surface area contributed by atoms with E-state index in [1.807, 2.05) is 0 Å². The van der Waals surface area contributed by atoms with Gasteiger partial charge in [-0.25, -0.2) is 8.42 Å². The fourth-order valence-electron chi connectivity index (χ4n) is 2.65. The van der Waals surface area contributed by atoms with Gasteiger partial charge in [-0.15, -0.1) is 11.3 Å². The van der Waals surface area contributed by atoms with E-state index in [-0.39, 0.29) is 10.8 Å². The summed E-state index contributed by atoms with van der Waals surface area (Å²) in [6.45, 7) is 4.53. The Morgan fingerprint density at radius 2 is 2.20 bits per heavy atom. The lowest BCUT2D eigenvalue weighted by Crippen LogP contribution is -2.27. The molecule has 1 aromatic rings. The minimum Gasteiger partial charge on any atom is -0.351 e. The largest absolute Gasteiger partial charge is 0.351 e. The van der Waals surface area contributed by atoms with Crippen molar-refractivity contribution < 1.29 is 13.2 Å². The number of thiophene rings is 1. The Labute approximate surface area is 127 Å². The molecule has 0 spiro atoms. The molecule has 7 heteroatoms. The van der Waals surface area contributed by atoms with Gasteiger partial charge in [-0.1, -0.05) is 13.3 Å². The zero-order valence-corrected chi connectivity index (χ0v) is 13.9. The lowest BCUT2D eigenvalue weighted by atomic mass is 10.1. The van der Waals surface area contributed by atoms with E-state index >= 15 is 0 Å². The predicted octanol–water partition coefficient (Wildman–Crippen LogP) is 3.15. The van der Waals surface area contributed by atoms with E-state index < -0.39 is 9.05 Å². The van der Waals surface area contributed by atoms with Crippen LogP contribution in [0.4, 0.5) is 0 Å². The van der Waals surface area contributed by atoms with Gasteiger partial charge in [0.1, 0.15) is 0 Å². The molecular formula is C13H18ClNO3S2. The van der Waals surface area contributed by atoms with Gasteiger partial charge in [-0.2, -0.15) is 0 Å². The summed E-state index contributed by atoms with van der Waals surface area (Å²) in [5.41, 5.74) is 0. The molecule has 2 unspecified atom stereocenters. The van der Waals surface area contributed by atoms with E-state index in [1.165, 1.54) is 12.5 Å². The third-order valence-corrected chi connectivity index (χ3v) is 6.34. The number of rotatable bonds is 4. The van der Waals surface area contributed by atoms with Gasteiger partial charge in [0, 0.05) is 22.1 Å². The Morgan fingerprint density at radius 1 is 1.50 bits per heavy atom. The summed E-state index contributed by atoms with van der Waals surface area (Å²) in [5, 5.41) is 2.89. The summed E-state index contributed by atoms with van der Waals surface area (Å²) in [4.78, 5) is 13.0. The first-order chi connectivity index (χ1) is 9.27. The average Bonchev–Trinajstić information content (AvgIpc) is 2.91.